The molecular formula is C29H59Cl2ISi. The summed E-state index contributed by atoms with van der Waals surface area (Å²) in [7, 11) is -1.33. The van der Waals surface area contributed by atoms with Gasteiger partial charge in [0, 0.05) is 0 Å². The second kappa shape index (κ2) is 31.6. The molecular weight excluding hydrogens is 574 g/mol. The molecule has 4 heteroatoms. The van der Waals surface area contributed by atoms with Gasteiger partial charge in [-0.25, -0.2) is 0 Å². The molecule has 0 aliphatic heterocycles. The van der Waals surface area contributed by atoms with Gasteiger partial charge in [-0.1, -0.05) is 190 Å². The largest absolute Gasteiger partial charge is 0.237 e. The van der Waals surface area contributed by atoms with Gasteiger partial charge >= 0.3 is 0 Å². The van der Waals surface area contributed by atoms with Gasteiger partial charge in [0.2, 0.25) is 7.42 Å². The summed E-state index contributed by atoms with van der Waals surface area (Å²) in [4.78, 5) is 0. The van der Waals surface area contributed by atoms with Crippen molar-refractivity contribution in [2.75, 3.05) is 4.43 Å². The summed E-state index contributed by atoms with van der Waals surface area (Å²) in [6.07, 6.45) is 39.2. The molecule has 0 rings (SSSR count). The normalized spacial score (nSPS) is 11.6. The van der Waals surface area contributed by atoms with E-state index in [1.54, 1.807) is 0 Å². The van der Waals surface area contributed by atoms with Crippen LogP contribution in [0.15, 0.2) is 0 Å². The minimum atomic E-state index is -1.33. The molecule has 0 bridgehead atoms. The van der Waals surface area contributed by atoms with Crippen LogP contribution in [-0.4, -0.2) is 11.8 Å². The third-order valence-electron chi connectivity index (χ3n) is 7.06. The van der Waals surface area contributed by atoms with E-state index in [0.717, 1.165) is 6.04 Å². The van der Waals surface area contributed by atoms with E-state index in [1.807, 2.05) is 0 Å². The molecule has 0 aliphatic rings. The summed E-state index contributed by atoms with van der Waals surface area (Å²) in [5.41, 5.74) is 0. The van der Waals surface area contributed by atoms with Crippen molar-refractivity contribution in [1.82, 2.24) is 0 Å². The molecule has 0 aromatic rings. The minimum absolute atomic E-state index is 1.10. The van der Waals surface area contributed by atoms with Crippen LogP contribution in [0.2, 0.25) is 6.04 Å². The highest BCUT2D eigenvalue weighted by Crippen LogP contribution is 2.17. The SMILES string of the molecule is Cl[SiH](Cl)CCCCCCCCCCCCCCCCCCCCCCCCCCCCCI. The molecule has 0 N–H and O–H groups in total. The number of unbranched alkanes of at least 4 members (excludes halogenated alkanes) is 26. The van der Waals surface area contributed by atoms with Crippen LogP contribution in [0.3, 0.4) is 0 Å². The fraction of sp³-hybridized carbons (Fsp3) is 1.00. The first kappa shape index (κ1) is 34.5. The van der Waals surface area contributed by atoms with Gasteiger partial charge in [0.15, 0.2) is 0 Å². The highest BCUT2D eigenvalue weighted by atomic mass is 127. The van der Waals surface area contributed by atoms with Gasteiger partial charge in [-0.05, 0) is 16.9 Å². The van der Waals surface area contributed by atoms with Crippen molar-refractivity contribution in [2.45, 2.75) is 179 Å². The monoisotopic (exact) mass is 632 g/mol. The lowest BCUT2D eigenvalue weighted by Gasteiger charge is -2.04. The average Bonchev–Trinajstić information content (AvgIpc) is 2.80. The molecule has 0 saturated carbocycles. The first-order valence-electron chi connectivity index (χ1n) is 15.1. The summed E-state index contributed by atoms with van der Waals surface area (Å²) in [6.45, 7) is 0. The number of alkyl halides is 1. The van der Waals surface area contributed by atoms with Gasteiger partial charge in [-0.15, -0.1) is 0 Å². The molecule has 0 spiro atoms. The van der Waals surface area contributed by atoms with Crippen LogP contribution >= 0.6 is 44.7 Å². The number of halogens is 3. The molecule has 0 atom stereocenters. The van der Waals surface area contributed by atoms with Crippen molar-refractivity contribution in [2.24, 2.45) is 0 Å². The number of hydrogen-bond donors (Lipinski definition) is 0. The summed E-state index contributed by atoms with van der Waals surface area (Å²) in [5, 5.41) is 0. The summed E-state index contributed by atoms with van der Waals surface area (Å²) >= 11 is 14.3. The van der Waals surface area contributed by atoms with Crippen LogP contribution in [0.1, 0.15) is 173 Å². The quantitative estimate of drug-likeness (QED) is 0.0253. The highest BCUT2D eigenvalue weighted by Gasteiger charge is 2.00. The van der Waals surface area contributed by atoms with Gasteiger partial charge in [-0.3, -0.25) is 0 Å². The topological polar surface area (TPSA) is 0 Å². The van der Waals surface area contributed by atoms with Crippen molar-refractivity contribution in [3.05, 3.63) is 0 Å². The van der Waals surface area contributed by atoms with Crippen LogP contribution in [-0.2, 0) is 0 Å². The Kier molecular flexibility index (Phi) is 33.0. The summed E-state index contributed by atoms with van der Waals surface area (Å²) in [6, 6.07) is 1.10. The van der Waals surface area contributed by atoms with Crippen molar-refractivity contribution in [1.29, 1.82) is 0 Å². The van der Waals surface area contributed by atoms with E-state index in [4.69, 9.17) is 22.2 Å². The van der Waals surface area contributed by atoms with Gasteiger partial charge in [0.05, 0.1) is 0 Å². The van der Waals surface area contributed by atoms with Gasteiger partial charge in [0.1, 0.15) is 0 Å². The number of hydrogen-bond acceptors (Lipinski definition) is 0. The molecule has 0 radical (unpaired) electrons. The van der Waals surface area contributed by atoms with Crippen molar-refractivity contribution in [3.63, 3.8) is 0 Å². The molecule has 0 fully saturated rings. The zero-order valence-electron chi connectivity index (χ0n) is 22.2. The molecule has 0 nitrogen and oxygen atoms in total. The zero-order valence-corrected chi connectivity index (χ0v) is 27.0. The first-order valence-corrected chi connectivity index (χ1v) is 20.9. The second-order valence-electron chi connectivity index (χ2n) is 10.4. The predicted octanol–water partition coefficient (Wildman–Crippen LogP) is 12.7. The van der Waals surface area contributed by atoms with Crippen LogP contribution in [0.25, 0.3) is 0 Å². The van der Waals surface area contributed by atoms with Gasteiger partial charge in [-0.2, -0.15) is 22.2 Å². The smallest absolute Gasteiger partial charge is 0.150 e. The Balaban J connectivity index is 3.00. The first-order chi connectivity index (χ1) is 16.3. The lowest BCUT2D eigenvalue weighted by Crippen LogP contribution is -1.91. The summed E-state index contributed by atoms with van der Waals surface area (Å²) in [5.74, 6) is 0. The maximum atomic E-state index is 5.89. The fourth-order valence-corrected chi connectivity index (χ4v) is 6.88. The average molecular weight is 634 g/mol. The molecule has 0 saturated heterocycles. The van der Waals surface area contributed by atoms with Gasteiger partial charge < -0.3 is 0 Å². The molecule has 0 aromatic carbocycles. The molecule has 0 unspecified atom stereocenters. The van der Waals surface area contributed by atoms with Crippen molar-refractivity contribution in [3.8, 4) is 0 Å². The third kappa shape index (κ3) is 33.5. The van der Waals surface area contributed by atoms with Crippen LogP contribution in [0.4, 0.5) is 0 Å². The Labute approximate surface area is 234 Å². The van der Waals surface area contributed by atoms with Crippen LogP contribution in [0.5, 0.6) is 0 Å². The van der Waals surface area contributed by atoms with E-state index in [1.165, 1.54) is 178 Å². The van der Waals surface area contributed by atoms with E-state index >= 15 is 0 Å². The molecule has 33 heavy (non-hydrogen) atoms. The van der Waals surface area contributed by atoms with Crippen molar-refractivity contribution < 1.29 is 0 Å². The lowest BCUT2D eigenvalue weighted by molar-refractivity contribution is 0.515. The standard InChI is InChI=1S/C29H59Cl2ISi/c30-33(31)29-27-25-23-21-19-17-15-13-11-9-7-5-3-1-2-4-6-8-10-12-14-16-18-20-22-24-26-28-32/h33H,1-29H2. The minimum Gasteiger partial charge on any atom is -0.150 e. The Bertz CT molecular complexity index is 342. The Morgan fingerprint density at radius 3 is 0.667 bits per heavy atom. The van der Waals surface area contributed by atoms with E-state index in [-0.39, 0.29) is 0 Å². The van der Waals surface area contributed by atoms with Crippen LogP contribution in [0, 0.1) is 0 Å². The van der Waals surface area contributed by atoms with Crippen LogP contribution < -0.4 is 0 Å². The Morgan fingerprint density at radius 2 is 0.485 bits per heavy atom. The molecule has 0 aromatic heterocycles. The van der Waals surface area contributed by atoms with E-state index in [9.17, 15) is 0 Å². The Hall–Kier alpha value is 1.53. The number of rotatable bonds is 29. The van der Waals surface area contributed by atoms with E-state index < -0.39 is 7.42 Å². The molecule has 0 heterocycles. The maximum absolute atomic E-state index is 5.89. The highest BCUT2D eigenvalue weighted by molar-refractivity contribution is 14.1. The van der Waals surface area contributed by atoms with Gasteiger partial charge in [0.25, 0.3) is 0 Å². The fourth-order valence-electron chi connectivity index (χ4n) is 4.81. The molecule has 0 amide bonds. The zero-order chi connectivity index (χ0) is 24.1. The summed E-state index contributed by atoms with van der Waals surface area (Å²) < 4.78 is 1.34. The van der Waals surface area contributed by atoms with E-state index in [2.05, 4.69) is 22.6 Å². The van der Waals surface area contributed by atoms with E-state index in [0.29, 0.717) is 0 Å². The third-order valence-corrected chi connectivity index (χ3v) is 9.97. The Morgan fingerprint density at radius 1 is 0.303 bits per heavy atom. The lowest BCUT2D eigenvalue weighted by atomic mass is 10.0. The van der Waals surface area contributed by atoms with Crippen molar-refractivity contribution >= 4 is 52.2 Å². The second-order valence-corrected chi connectivity index (χ2v) is 16.7. The molecule has 0 aliphatic carbocycles. The maximum Gasteiger partial charge on any atom is 0.237 e. The molecule has 200 valence electrons. The predicted molar refractivity (Wildman–Crippen MR) is 167 cm³/mol.